The fourth-order valence-electron chi connectivity index (χ4n) is 1.34. The van der Waals surface area contributed by atoms with E-state index in [1.807, 2.05) is 46.8 Å². The van der Waals surface area contributed by atoms with Crippen LogP contribution in [0.15, 0.2) is 16.9 Å². The first-order chi connectivity index (χ1) is 8.20. The molecule has 2 rings (SSSR count). The number of oxazole rings is 1. The van der Waals surface area contributed by atoms with Gasteiger partial charge in [0.25, 0.3) is 0 Å². The Kier molecular flexibility index (Phi) is 6.94. The number of fused-ring (bicyclic) bond motifs is 1. The van der Waals surface area contributed by atoms with Gasteiger partial charge in [0.2, 0.25) is 11.8 Å². The highest BCUT2D eigenvalue weighted by atomic mass is 16.4. The van der Waals surface area contributed by atoms with Crippen molar-refractivity contribution in [2.24, 2.45) is 5.92 Å². The van der Waals surface area contributed by atoms with Crippen molar-refractivity contribution >= 4 is 17.9 Å². The highest BCUT2D eigenvalue weighted by Gasteiger charge is 2.24. The zero-order valence-corrected chi connectivity index (χ0v) is 11.5. The number of aromatic nitrogens is 1. The van der Waals surface area contributed by atoms with Gasteiger partial charge in [-0.1, -0.05) is 40.7 Å². The lowest BCUT2D eigenvalue weighted by Gasteiger charge is -2.14. The van der Waals surface area contributed by atoms with Crippen molar-refractivity contribution in [1.29, 1.82) is 0 Å². The van der Waals surface area contributed by atoms with Gasteiger partial charge in [0, 0.05) is 7.05 Å². The average molecular weight is 238 g/mol. The predicted molar refractivity (Wildman–Crippen MR) is 70.8 cm³/mol. The van der Waals surface area contributed by atoms with E-state index in [0.717, 1.165) is 0 Å². The SMILES string of the molecule is CC.CC.CC1C=Cc2ncoc2N(C)C1=O. The van der Waals surface area contributed by atoms with Crippen LogP contribution in [0.4, 0.5) is 5.88 Å². The molecule has 0 N–H and O–H groups in total. The lowest BCUT2D eigenvalue weighted by atomic mass is 10.1. The molecule has 0 saturated carbocycles. The molecule has 0 aromatic carbocycles. The second-order valence-corrected chi connectivity index (χ2v) is 3.09. The maximum Gasteiger partial charge on any atom is 0.235 e. The summed E-state index contributed by atoms with van der Waals surface area (Å²) in [6.07, 6.45) is 4.98. The Bertz CT molecular complexity index is 369. The van der Waals surface area contributed by atoms with Crippen molar-refractivity contribution in [3.8, 4) is 0 Å². The van der Waals surface area contributed by atoms with Crippen molar-refractivity contribution < 1.29 is 9.21 Å². The van der Waals surface area contributed by atoms with E-state index in [1.165, 1.54) is 11.3 Å². The smallest absolute Gasteiger partial charge is 0.235 e. The Morgan fingerprint density at radius 1 is 1.29 bits per heavy atom. The molecule has 0 spiro atoms. The summed E-state index contributed by atoms with van der Waals surface area (Å²) >= 11 is 0. The number of amides is 1. The molecular weight excluding hydrogens is 216 g/mol. The number of carbonyl (C=O) groups is 1. The molecule has 0 saturated heterocycles. The van der Waals surface area contributed by atoms with Gasteiger partial charge in [-0.25, -0.2) is 4.98 Å². The summed E-state index contributed by atoms with van der Waals surface area (Å²) in [5, 5.41) is 0. The number of carbonyl (C=O) groups excluding carboxylic acids is 1. The zero-order chi connectivity index (χ0) is 13.4. The van der Waals surface area contributed by atoms with E-state index in [-0.39, 0.29) is 11.8 Å². The van der Waals surface area contributed by atoms with Crippen LogP contribution in [0.2, 0.25) is 0 Å². The molecule has 2 heterocycles. The summed E-state index contributed by atoms with van der Waals surface area (Å²) in [6.45, 7) is 9.85. The molecule has 1 aliphatic heterocycles. The first kappa shape index (κ1) is 15.4. The van der Waals surface area contributed by atoms with E-state index in [2.05, 4.69) is 4.98 Å². The number of hydrogen-bond acceptors (Lipinski definition) is 3. The minimum atomic E-state index is -0.116. The van der Waals surface area contributed by atoms with Crippen molar-refractivity contribution in [3.05, 3.63) is 18.2 Å². The normalized spacial score (nSPS) is 17.2. The topological polar surface area (TPSA) is 46.3 Å². The molecule has 0 bridgehead atoms. The zero-order valence-electron chi connectivity index (χ0n) is 11.5. The molecule has 1 aliphatic rings. The van der Waals surface area contributed by atoms with E-state index in [1.54, 1.807) is 7.05 Å². The Labute approximate surface area is 103 Å². The van der Waals surface area contributed by atoms with Gasteiger partial charge in [0.15, 0.2) is 6.39 Å². The van der Waals surface area contributed by atoms with Crippen LogP contribution >= 0.6 is 0 Å². The van der Waals surface area contributed by atoms with Crippen LogP contribution in [0.5, 0.6) is 0 Å². The second-order valence-electron chi connectivity index (χ2n) is 3.09. The number of nitrogens with zero attached hydrogens (tertiary/aromatic N) is 2. The second kappa shape index (κ2) is 7.65. The van der Waals surface area contributed by atoms with Crippen LogP contribution in [0.25, 0.3) is 6.08 Å². The molecule has 4 heteroatoms. The summed E-state index contributed by atoms with van der Waals surface area (Å²) < 4.78 is 5.11. The summed E-state index contributed by atoms with van der Waals surface area (Å²) in [5.74, 6) is 0.423. The van der Waals surface area contributed by atoms with Crippen LogP contribution in [-0.2, 0) is 4.79 Å². The Morgan fingerprint density at radius 3 is 2.47 bits per heavy atom. The van der Waals surface area contributed by atoms with Gasteiger partial charge in [-0.05, 0) is 6.08 Å². The maximum absolute atomic E-state index is 11.6. The average Bonchev–Trinajstić information content (AvgIpc) is 2.83. The van der Waals surface area contributed by atoms with Crippen LogP contribution in [0, 0.1) is 5.92 Å². The van der Waals surface area contributed by atoms with Crippen LogP contribution in [0.3, 0.4) is 0 Å². The maximum atomic E-state index is 11.6. The third-order valence-electron chi connectivity index (χ3n) is 2.14. The molecule has 1 aromatic rings. The Hall–Kier alpha value is -1.58. The molecular formula is C13H22N2O2. The number of hydrogen-bond donors (Lipinski definition) is 0. The van der Waals surface area contributed by atoms with Gasteiger partial charge in [-0.15, -0.1) is 0 Å². The molecule has 17 heavy (non-hydrogen) atoms. The monoisotopic (exact) mass is 238 g/mol. The van der Waals surface area contributed by atoms with Crippen molar-refractivity contribution in [1.82, 2.24) is 4.98 Å². The fraction of sp³-hybridized carbons (Fsp3) is 0.538. The molecule has 0 radical (unpaired) electrons. The van der Waals surface area contributed by atoms with E-state index in [9.17, 15) is 4.79 Å². The lowest BCUT2D eigenvalue weighted by Crippen LogP contribution is -2.29. The molecule has 0 fully saturated rings. The Morgan fingerprint density at radius 2 is 1.88 bits per heavy atom. The quantitative estimate of drug-likeness (QED) is 0.696. The highest BCUT2D eigenvalue weighted by Crippen LogP contribution is 2.24. The summed E-state index contributed by atoms with van der Waals surface area (Å²) in [5.41, 5.74) is 0.709. The lowest BCUT2D eigenvalue weighted by molar-refractivity contribution is -0.120. The summed E-state index contributed by atoms with van der Waals surface area (Å²) in [6, 6.07) is 0. The van der Waals surface area contributed by atoms with Crippen LogP contribution in [0.1, 0.15) is 40.3 Å². The van der Waals surface area contributed by atoms with E-state index >= 15 is 0 Å². The molecule has 1 unspecified atom stereocenters. The van der Waals surface area contributed by atoms with Crippen molar-refractivity contribution in [2.45, 2.75) is 34.6 Å². The minimum Gasteiger partial charge on any atom is -0.427 e. The molecule has 1 atom stereocenters. The van der Waals surface area contributed by atoms with Gasteiger partial charge < -0.3 is 4.42 Å². The van der Waals surface area contributed by atoms with Gasteiger partial charge in [-0.3, -0.25) is 9.69 Å². The van der Waals surface area contributed by atoms with Gasteiger partial charge in [-0.2, -0.15) is 0 Å². The molecule has 1 amide bonds. The first-order valence-corrected chi connectivity index (χ1v) is 6.09. The highest BCUT2D eigenvalue weighted by molar-refractivity contribution is 5.97. The third kappa shape index (κ3) is 3.44. The number of rotatable bonds is 0. The van der Waals surface area contributed by atoms with E-state index in [4.69, 9.17) is 4.42 Å². The Balaban J connectivity index is 0.000000581. The first-order valence-electron chi connectivity index (χ1n) is 6.09. The molecule has 0 aliphatic carbocycles. The largest absolute Gasteiger partial charge is 0.427 e. The van der Waals surface area contributed by atoms with Crippen LogP contribution in [-0.4, -0.2) is 17.9 Å². The van der Waals surface area contributed by atoms with Crippen molar-refractivity contribution in [2.75, 3.05) is 11.9 Å². The molecule has 4 nitrogen and oxygen atoms in total. The van der Waals surface area contributed by atoms with E-state index < -0.39 is 0 Å². The fourth-order valence-corrected chi connectivity index (χ4v) is 1.34. The van der Waals surface area contributed by atoms with Gasteiger partial charge in [0.05, 0.1) is 5.92 Å². The van der Waals surface area contributed by atoms with E-state index in [0.29, 0.717) is 11.6 Å². The standard InChI is InChI=1S/C9H10N2O2.2C2H6/c1-6-3-4-7-9(13-5-10-7)11(2)8(6)12;2*1-2/h3-6H,1-2H3;2*1-2H3. The number of anilines is 1. The van der Waals surface area contributed by atoms with Crippen LogP contribution < -0.4 is 4.90 Å². The molecule has 96 valence electrons. The van der Waals surface area contributed by atoms with Gasteiger partial charge >= 0.3 is 0 Å². The summed E-state index contributed by atoms with van der Waals surface area (Å²) in [7, 11) is 1.69. The predicted octanol–water partition coefficient (Wildman–Crippen LogP) is 3.35. The minimum absolute atomic E-state index is 0.0201. The van der Waals surface area contributed by atoms with Gasteiger partial charge in [0.1, 0.15) is 5.69 Å². The third-order valence-corrected chi connectivity index (χ3v) is 2.14. The van der Waals surface area contributed by atoms with Crippen molar-refractivity contribution in [3.63, 3.8) is 0 Å². The summed E-state index contributed by atoms with van der Waals surface area (Å²) in [4.78, 5) is 17.1. The molecule has 1 aromatic heterocycles.